The van der Waals surface area contributed by atoms with Crippen LogP contribution in [0, 0.1) is 0 Å². The molecule has 0 unspecified atom stereocenters. The van der Waals surface area contributed by atoms with Crippen LogP contribution in [-0.4, -0.2) is 29.1 Å². The van der Waals surface area contributed by atoms with Crippen LogP contribution in [-0.2, 0) is 0 Å². The largest absolute Gasteiger partial charge is 0.495 e. The number of hydrogen-bond donors (Lipinski definition) is 2. The van der Waals surface area contributed by atoms with Gasteiger partial charge in [-0.05, 0) is 12.1 Å². The summed E-state index contributed by atoms with van der Waals surface area (Å²) in [6.07, 6.45) is 0. The summed E-state index contributed by atoms with van der Waals surface area (Å²) < 4.78 is 5.03. The number of halogens is 1. The summed E-state index contributed by atoms with van der Waals surface area (Å²) in [6.45, 7) is 0. The molecule has 0 atom stereocenters. The van der Waals surface area contributed by atoms with E-state index in [1.165, 1.54) is 12.5 Å². The predicted molar refractivity (Wildman–Crippen MR) is 75.0 cm³/mol. The summed E-state index contributed by atoms with van der Waals surface area (Å²) in [7, 11) is 1.47. The molecule has 0 aliphatic rings. The first-order valence-electron chi connectivity index (χ1n) is 5.35. The maximum atomic E-state index is 11.9. The molecule has 20 heavy (non-hydrogen) atoms. The lowest BCUT2D eigenvalue weighted by atomic mass is 10.3. The van der Waals surface area contributed by atoms with Gasteiger partial charge in [0, 0.05) is 17.1 Å². The Hall–Kier alpha value is -2.12. The lowest BCUT2D eigenvalue weighted by Gasteiger charge is -2.07. The molecule has 1 heterocycles. The molecule has 0 aliphatic carbocycles. The number of carbonyl (C=O) groups excluding carboxylic acids is 1. The number of ether oxygens (including phenoxy) is 1. The Morgan fingerprint density at radius 1 is 1.45 bits per heavy atom. The van der Waals surface area contributed by atoms with Gasteiger partial charge in [-0.25, -0.2) is 9.78 Å². The van der Waals surface area contributed by atoms with Crippen LogP contribution in [0.2, 0.25) is 5.02 Å². The Balaban J connectivity index is 2.16. The topological polar surface area (TPSA) is 88.5 Å². The van der Waals surface area contributed by atoms with Crippen molar-refractivity contribution in [2.75, 3.05) is 12.4 Å². The van der Waals surface area contributed by atoms with Crippen LogP contribution in [0.4, 0.5) is 5.69 Å². The average molecular weight is 313 g/mol. The summed E-state index contributed by atoms with van der Waals surface area (Å²) >= 11 is 6.83. The fourth-order valence-corrected chi connectivity index (χ4v) is 2.28. The summed E-state index contributed by atoms with van der Waals surface area (Å²) in [6, 6.07) is 4.75. The standard InChI is InChI=1S/C12H9ClN2O4S/c1-19-9-4-6(2-3-7(9)13)14-10(16)11-15-8(5-20-11)12(17)18/h2-5H,1H3,(H,14,16)(H,17,18). The van der Waals surface area contributed by atoms with Crippen molar-refractivity contribution in [3.8, 4) is 5.75 Å². The first-order chi connectivity index (χ1) is 9.51. The van der Waals surface area contributed by atoms with E-state index in [4.69, 9.17) is 21.4 Å². The monoisotopic (exact) mass is 312 g/mol. The molecular weight excluding hydrogens is 304 g/mol. The Labute approximate surface area is 123 Å². The quantitative estimate of drug-likeness (QED) is 0.906. The number of carboxylic acids is 1. The molecule has 0 fully saturated rings. The van der Waals surface area contributed by atoms with Gasteiger partial charge >= 0.3 is 5.97 Å². The summed E-state index contributed by atoms with van der Waals surface area (Å²) in [5.41, 5.74) is 0.317. The molecule has 6 nitrogen and oxygen atoms in total. The number of aromatic carboxylic acids is 1. The smallest absolute Gasteiger partial charge is 0.355 e. The van der Waals surface area contributed by atoms with E-state index in [0.29, 0.717) is 16.5 Å². The van der Waals surface area contributed by atoms with Gasteiger partial charge in [0.25, 0.3) is 5.91 Å². The van der Waals surface area contributed by atoms with E-state index in [0.717, 1.165) is 11.3 Å². The molecule has 0 saturated heterocycles. The number of amides is 1. The molecule has 1 aromatic heterocycles. The SMILES string of the molecule is COc1cc(NC(=O)c2nc(C(=O)O)cs2)ccc1Cl. The third kappa shape index (κ3) is 3.06. The molecule has 1 amide bonds. The number of aromatic nitrogens is 1. The van der Waals surface area contributed by atoms with Gasteiger partial charge < -0.3 is 15.2 Å². The fraction of sp³-hybridized carbons (Fsp3) is 0.0833. The third-order valence-corrected chi connectivity index (χ3v) is 3.48. The molecule has 0 radical (unpaired) electrons. The minimum atomic E-state index is -1.17. The number of benzene rings is 1. The highest BCUT2D eigenvalue weighted by atomic mass is 35.5. The van der Waals surface area contributed by atoms with Gasteiger partial charge in [0.1, 0.15) is 5.75 Å². The lowest BCUT2D eigenvalue weighted by Crippen LogP contribution is -2.12. The number of rotatable bonds is 4. The molecule has 1 aromatic carbocycles. The van der Waals surface area contributed by atoms with Crippen molar-refractivity contribution in [3.63, 3.8) is 0 Å². The maximum absolute atomic E-state index is 11.9. The van der Waals surface area contributed by atoms with E-state index >= 15 is 0 Å². The maximum Gasteiger partial charge on any atom is 0.355 e. The second kappa shape index (κ2) is 5.89. The molecule has 0 saturated carbocycles. The first kappa shape index (κ1) is 14.3. The first-order valence-corrected chi connectivity index (χ1v) is 6.60. The molecule has 0 aliphatic heterocycles. The zero-order chi connectivity index (χ0) is 14.7. The Morgan fingerprint density at radius 2 is 2.20 bits per heavy atom. The average Bonchev–Trinajstić information content (AvgIpc) is 2.91. The van der Waals surface area contributed by atoms with E-state index in [1.54, 1.807) is 18.2 Å². The molecule has 2 N–H and O–H groups in total. The summed E-state index contributed by atoms with van der Waals surface area (Å²) in [4.78, 5) is 26.3. The second-order valence-corrected chi connectivity index (χ2v) is 4.91. The van der Waals surface area contributed by atoms with Crippen molar-refractivity contribution in [3.05, 3.63) is 39.3 Å². The highest BCUT2D eigenvalue weighted by molar-refractivity contribution is 7.12. The molecule has 2 aromatic rings. The van der Waals surface area contributed by atoms with Gasteiger partial charge in [-0.15, -0.1) is 11.3 Å². The van der Waals surface area contributed by atoms with E-state index in [-0.39, 0.29) is 10.7 Å². The predicted octanol–water partition coefficient (Wildman–Crippen LogP) is 2.76. The van der Waals surface area contributed by atoms with E-state index in [9.17, 15) is 9.59 Å². The van der Waals surface area contributed by atoms with Crippen molar-refractivity contribution in [2.24, 2.45) is 0 Å². The highest BCUT2D eigenvalue weighted by Gasteiger charge is 2.15. The van der Waals surface area contributed by atoms with Crippen LogP contribution < -0.4 is 10.1 Å². The Bertz CT molecular complexity index is 671. The van der Waals surface area contributed by atoms with Gasteiger partial charge in [0.05, 0.1) is 12.1 Å². The normalized spacial score (nSPS) is 10.1. The number of methoxy groups -OCH3 is 1. The van der Waals surface area contributed by atoms with Crippen molar-refractivity contribution in [2.45, 2.75) is 0 Å². The summed E-state index contributed by atoms with van der Waals surface area (Å²) in [5.74, 6) is -1.24. The summed E-state index contributed by atoms with van der Waals surface area (Å²) in [5, 5.41) is 13.1. The fourth-order valence-electron chi connectivity index (χ4n) is 1.40. The zero-order valence-electron chi connectivity index (χ0n) is 10.2. The van der Waals surface area contributed by atoms with Crippen molar-refractivity contribution < 1.29 is 19.4 Å². The molecule has 0 bridgehead atoms. The van der Waals surface area contributed by atoms with Crippen molar-refractivity contribution in [1.29, 1.82) is 0 Å². The van der Waals surface area contributed by atoms with E-state index < -0.39 is 11.9 Å². The number of carbonyl (C=O) groups is 2. The van der Waals surface area contributed by atoms with Crippen LogP contribution in [0.25, 0.3) is 0 Å². The molecule has 2 rings (SSSR count). The van der Waals surface area contributed by atoms with Crippen molar-refractivity contribution >= 4 is 40.5 Å². The van der Waals surface area contributed by atoms with Gasteiger partial charge in [-0.2, -0.15) is 0 Å². The minimum absolute atomic E-state index is 0.0660. The van der Waals surface area contributed by atoms with Gasteiger partial charge in [-0.3, -0.25) is 4.79 Å². The Morgan fingerprint density at radius 3 is 2.80 bits per heavy atom. The second-order valence-electron chi connectivity index (χ2n) is 3.65. The van der Waals surface area contributed by atoms with Crippen LogP contribution >= 0.6 is 22.9 Å². The van der Waals surface area contributed by atoms with Crippen LogP contribution in [0.1, 0.15) is 20.3 Å². The van der Waals surface area contributed by atoms with Crippen molar-refractivity contribution in [1.82, 2.24) is 4.98 Å². The van der Waals surface area contributed by atoms with Crippen LogP contribution in [0.5, 0.6) is 5.75 Å². The third-order valence-electron chi connectivity index (χ3n) is 2.33. The number of carboxylic acid groups (broad SMARTS) is 1. The Kier molecular flexibility index (Phi) is 4.21. The van der Waals surface area contributed by atoms with Gasteiger partial charge in [0.2, 0.25) is 0 Å². The molecule has 104 valence electrons. The molecule has 0 spiro atoms. The lowest BCUT2D eigenvalue weighted by molar-refractivity contribution is 0.0691. The number of hydrogen-bond acceptors (Lipinski definition) is 5. The number of nitrogens with one attached hydrogen (secondary N) is 1. The van der Waals surface area contributed by atoms with Gasteiger partial charge in [0.15, 0.2) is 10.7 Å². The van der Waals surface area contributed by atoms with Gasteiger partial charge in [-0.1, -0.05) is 11.6 Å². The molecular formula is C12H9ClN2O4S. The van der Waals surface area contributed by atoms with E-state index in [2.05, 4.69) is 10.3 Å². The van der Waals surface area contributed by atoms with Crippen LogP contribution in [0.15, 0.2) is 23.6 Å². The number of nitrogens with zero attached hydrogens (tertiary/aromatic N) is 1. The van der Waals surface area contributed by atoms with Crippen LogP contribution in [0.3, 0.4) is 0 Å². The number of anilines is 1. The number of thiazole rings is 1. The highest BCUT2D eigenvalue weighted by Crippen LogP contribution is 2.27. The zero-order valence-corrected chi connectivity index (χ0v) is 11.8. The van der Waals surface area contributed by atoms with E-state index in [1.807, 2.05) is 0 Å². The molecule has 8 heteroatoms. The minimum Gasteiger partial charge on any atom is -0.495 e.